The Bertz CT molecular complexity index is 318. The zero-order chi connectivity index (χ0) is 14.3. The molecule has 1 saturated heterocycles. The third kappa shape index (κ3) is 2.70. The molecule has 2 rings (SSSR count). The Labute approximate surface area is 118 Å². The normalized spacial score (nSPS) is 42.9. The van der Waals surface area contributed by atoms with E-state index in [1.165, 1.54) is 19.4 Å². The highest BCUT2D eigenvalue weighted by Crippen LogP contribution is 2.50. The van der Waals surface area contributed by atoms with Gasteiger partial charge in [0, 0.05) is 36.7 Å². The largest absolute Gasteiger partial charge is 0.378 e. The van der Waals surface area contributed by atoms with Gasteiger partial charge in [-0.05, 0) is 39.0 Å². The zero-order valence-corrected chi connectivity index (χ0v) is 13.4. The highest BCUT2D eigenvalue weighted by atomic mass is 16.5. The standard InChI is InChI=1S/C16H32N2O/c1-6-19-14-9-16(17,15(14,4)5)11-18-10-12(2)7-8-13(18)3/h12-14H,6-11,17H2,1-5H3. The molecule has 0 radical (unpaired) electrons. The first-order valence-electron chi connectivity index (χ1n) is 7.94. The second-order valence-electron chi connectivity index (χ2n) is 7.49. The lowest BCUT2D eigenvalue weighted by atomic mass is 9.54. The monoisotopic (exact) mass is 268 g/mol. The minimum Gasteiger partial charge on any atom is -0.378 e. The molecule has 4 atom stereocenters. The summed E-state index contributed by atoms with van der Waals surface area (Å²) in [5.41, 5.74) is 6.72. The van der Waals surface area contributed by atoms with Crippen LogP contribution in [0.1, 0.15) is 53.9 Å². The van der Waals surface area contributed by atoms with Crippen molar-refractivity contribution >= 4 is 0 Å². The fraction of sp³-hybridized carbons (Fsp3) is 1.00. The molecule has 3 heteroatoms. The number of rotatable bonds is 4. The quantitative estimate of drug-likeness (QED) is 0.852. The number of likely N-dealkylation sites (tertiary alicyclic amines) is 1. The van der Waals surface area contributed by atoms with Crippen molar-refractivity contribution in [1.29, 1.82) is 0 Å². The molecule has 4 unspecified atom stereocenters. The molecule has 1 aliphatic carbocycles. The summed E-state index contributed by atoms with van der Waals surface area (Å²) < 4.78 is 5.83. The maximum absolute atomic E-state index is 6.72. The lowest BCUT2D eigenvalue weighted by Crippen LogP contribution is -2.74. The van der Waals surface area contributed by atoms with Crippen LogP contribution in [0.5, 0.6) is 0 Å². The van der Waals surface area contributed by atoms with Crippen molar-refractivity contribution in [2.75, 3.05) is 19.7 Å². The molecule has 2 fully saturated rings. The van der Waals surface area contributed by atoms with E-state index in [1.54, 1.807) is 0 Å². The summed E-state index contributed by atoms with van der Waals surface area (Å²) in [6, 6.07) is 0.679. The van der Waals surface area contributed by atoms with E-state index in [0.717, 1.165) is 25.5 Å². The SMILES string of the molecule is CCOC1CC(N)(CN2CC(C)CCC2C)C1(C)C. The number of nitrogens with two attached hydrogens (primary N) is 1. The van der Waals surface area contributed by atoms with Crippen molar-refractivity contribution in [2.24, 2.45) is 17.1 Å². The Morgan fingerprint density at radius 2 is 1.95 bits per heavy atom. The summed E-state index contributed by atoms with van der Waals surface area (Å²) in [6.45, 7) is 14.3. The molecule has 2 N–H and O–H groups in total. The number of hydrogen-bond acceptors (Lipinski definition) is 3. The van der Waals surface area contributed by atoms with Gasteiger partial charge in [0.1, 0.15) is 0 Å². The maximum atomic E-state index is 6.72. The van der Waals surface area contributed by atoms with Crippen LogP contribution in [-0.2, 0) is 4.74 Å². The summed E-state index contributed by atoms with van der Waals surface area (Å²) in [6.07, 6.45) is 4.01. The molecule has 0 aromatic carbocycles. The maximum Gasteiger partial charge on any atom is 0.0662 e. The lowest BCUT2D eigenvalue weighted by Gasteiger charge is -2.61. The van der Waals surface area contributed by atoms with Crippen LogP contribution in [0.15, 0.2) is 0 Å². The number of piperidine rings is 1. The minimum absolute atomic E-state index is 0.0852. The summed E-state index contributed by atoms with van der Waals surface area (Å²) >= 11 is 0. The van der Waals surface area contributed by atoms with Gasteiger partial charge >= 0.3 is 0 Å². The Balaban J connectivity index is 1.98. The third-order valence-corrected chi connectivity index (χ3v) is 5.74. The highest BCUT2D eigenvalue weighted by Gasteiger charge is 2.59. The fourth-order valence-electron chi connectivity index (χ4n) is 3.74. The van der Waals surface area contributed by atoms with Crippen molar-refractivity contribution in [1.82, 2.24) is 4.90 Å². The summed E-state index contributed by atoms with van der Waals surface area (Å²) in [5.74, 6) is 0.811. The van der Waals surface area contributed by atoms with Crippen LogP contribution in [0, 0.1) is 11.3 Å². The van der Waals surface area contributed by atoms with Gasteiger partial charge in [0.2, 0.25) is 0 Å². The molecule has 1 aliphatic heterocycles. The average molecular weight is 268 g/mol. The van der Waals surface area contributed by atoms with E-state index >= 15 is 0 Å². The summed E-state index contributed by atoms with van der Waals surface area (Å²) in [5, 5.41) is 0. The van der Waals surface area contributed by atoms with Crippen molar-refractivity contribution in [2.45, 2.75) is 71.6 Å². The van der Waals surface area contributed by atoms with Crippen LogP contribution in [0.4, 0.5) is 0 Å². The molecule has 0 spiro atoms. The first kappa shape index (κ1) is 15.3. The second-order valence-corrected chi connectivity index (χ2v) is 7.49. The molecule has 0 aromatic heterocycles. The molecular weight excluding hydrogens is 236 g/mol. The van der Waals surface area contributed by atoms with Crippen molar-refractivity contribution in [3.63, 3.8) is 0 Å². The van der Waals surface area contributed by atoms with Gasteiger partial charge in [-0.1, -0.05) is 20.8 Å². The smallest absolute Gasteiger partial charge is 0.0662 e. The van der Waals surface area contributed by atoms with Gasteiger partial charge in [0.15, 0.2) is 0 Å². The predicted molar refractivity (Wildman–Crippen MR) is 80.2 cm³/mol. The molecular formula is C16H32N2O. The van der Waals surface area contributed by atoms with E-state index in [0.29, 0.717) is 12.1 Å². The molecule has 0 amide bonds. The fourth-order valence-corrected chi connectivity index (χ4v) is 3.74. The molecule has 1 heterocycles. The zero-order valence-electron chi connectivity index (χ0n) is 13.4. The van der Waals surface area contributed by atoms with Crippen molar-refractivity contribution in [3.8, 4) is 0 Å². The van der Waals surface area contributed by atoms with Crippen molar-refractivity contribution in [3.05, 3.63) is 0 Å². The molecule has 3 nitrogen and oxygen atoms in total. The second kappa shape index (κ2) is 5.34. The van der Waals surface area contributed by atoms with E-state index in [4.69, 9.17) is 10.5 Å². The van der Waals surface area contributed by atoms with E-state index in [9.17, 15) is 0 Å². The molecule has 0 aromatic rings. The van der Waals surface area contributed by atoms with Gasteiger partial charge in [-0.25, -0.2) is 0 Å². The van der Waals surface area contributed by atoms with E-state index < -0.39 is 0 Å². The Morgan fingerprint density at radius 3 is 2.53 bits per heavy atom. The van der Waals surface area contributed by atoms with Gasteiger partial charge in [0.25, 0.3) is 0 Å². The molecule has 112 valence electrons. The minimum atomic E-state index is -0.0852. The first-order chi connectivity index (χ1) is 8.80. The summed E-state index contributed by atoms with van der Waals surface area (Å²) in [7, 11) is 0. The lowest BCUT2D eigenvalue weighted by molar-refractivity contribution is -0.160. The van der Waals surface area contributed by atoms with Crippen LogP contribution < -0.4 is 5.73 Å². The van der Waals surface area contributed by atoms with Gasteiger partial charge in [-0.15, -0.1) is 0 Å². The van der Waals surface area contributed by atoms with Gasteiger partial charge in [-0.2, -0.15) is 0 Å². The molecule has 0 bridgehead atoms. The summed E-state index contributed by atoms with van der Waals surface area (Å²) in [4.78, 5) is 2.61. The molecule has 1 saturated carbocycles. The van der Waals surface area contributed by atoms with Gasteiger partial charge in [0.05, 0.1) is 6.10 Å². The van der Waals surface area contributed by atoms with Gasteiger partial charge in [-0.3, -0.25) is 4.90 Å². The van der Waals surface area contributed by atoms with Crippen LogP contribution in [0.2, 0.25) is 0 Å². The van der Waals surface area contributed by atoms with E-state index in [2.05, 4.69) is 39.5 Å². The number of nitrogens with zero attached hydrogens (tertiary/aromatic N) is 1. The highest BCUT2D eigenvalue weighted by molar-refractivity contribution is 5.15. The van der Waals surface area contributed by atoms with E-state index in [-0.39, 0.29) is 11.0 Å². The first-order valence-corrected chi connectivity index (χ1v) is 7.94. The van der Waals surface area contributed by atoms with Crippen LogP contribution in [0.25, 0.3) is 0 Å². The molecule has 2 aliphatic rings. The molecule has 19 heavy (non-hydrogen) atoms. The Kier molecular flexibility index (Phi) is 4.29. The number of hydrogen-bond donors (Lipinski definition) is 1. The average Bonchev–Trinajstić information content (AvgIpc) is 2.33. The predicted octanol–water partition coefficient (Wildman–Crippen LogP) is 2.64. The van der Waals surface area contributed by atoms with Crippen LogP contribution >= 0.6 is 0 Å². The van der Waals surface area contributed by atoms with Gasteiger partial charge < -0.3 is 10.5 Å². The Hall–Kier alpha value is -0.120. The Morgan fingerprint density at radius 1 is 1.26 bits per heavy atom. The topological polar surface area (TPSA) is 38.5 Å². The van der Waals surface area contributed by atoms with E-state index in [1.807, 2.05) is 0 Å². The van der Waals surface area contributed by atoms with Crippen LogP contribution in [0.3, 0.4) is 0 Å². The van der Waals surface area contributed by atoms with Crippen molar-refractivity contribution < 1.29 is 4.74 Å². The van der Waals surface area contributed by atoms with Crippen LogP contribution in [-0.4, -0.2) is 42.3 Å². The third-order valence-electron chi connectivity index (χ3n) is 5.74. The number of ether oxygens (including phenoxy) is 1.